The second kappa shape index (κ2) is 6.19. The molecule has 0 saturated heterocycles. The number of carbonyl (C=O) groups excluding carboxylic acids is 1. The second-order valence-corrected chi connectivity index (χ2v) is 3.62. The first-order chi connectivity index (χ1) is 8.86. The molecule has 0 unspecified atom stereocenters. The van der Waals surface area contributed by atoms with Gasteiger partial charge >= 0.3 is 5.97 Å². The Kier molecular flexibility index (Phi) is 4.87. The van der Waals surface area contributed by atoms with Gasteiger partial charge in [0.15, 0.2) is 0 Å². The van der Waals surface area contributed by atoms with Crippen LogP contribution in [0.15, 0.2) is 12.1 Å². The Hall–Kier alpha value is -2.09. The number of aliphatic carboxylic acids is 1. The lowest BCUT2D eigenvalue weighted by atomic mass is 10.1. The van der Waals surface area contributed by atoms with E-state index in [1.165, 1.54) is 0 Å². The van der Waals surface area contributed by atoms with E-state index in [1.807, 2.05) is 5.32 Å². The molecule has 0 aliphatic carbocycles. The first-order valence-corrected chi connectivity index (χ1v) is 5.16. The van der Waals surface area contributed by atoms with Gasteiger partial charge in [-0.2, -0.15) is 0 Å². The van der Waals surface area contributed by atoms with Crippen molar-refractivity contribution >= 4 is 11.9 Å². The molecule has 0 spiro atoms. The van der Waals surface area contributed by atoms with Crippen molar-refractivity contribution in [1.82, 2.24) is 5.32 Å². The van der Waals surface area contributed by atoms with Crippen LogP contribution >= 0.6 is 0 Å². The van der Waals surface area contributed by atoms with Crippen molar-refractivity contribution in [3.05, 3.63) is 35.1 Å². The number of hydrogen-bond donors (Lipinski definition) is 3. The lowest BCUT2D eigenvalue weighted by Crippen LogP contribution is -2.42. The standard InChI is InChI=1S/C11H10F3NO4/c12-5-3-6(13)9(7(14)4-5)10(17)15-8(1-2-16)11(18)19/h3-4,8,16H,1-2H2,(H,15,17)(H,18,19)/t8-/m0/s1. The monoisotopic (exact) mass is 277 g/mol. The number of hydrogen-bond acceptors (Lipinski definition) is 3. The van der Waals surface area contributed by atoms with Gasteiger partial charge in [0.2, 0.25) is 0 Å². The molecule has 1 amide bonds. The van der Waals surface area contributed by atoms with Crippen LogP contribution in [0.3, 0.4) is 0 Å². The number of amides is 1. The summed E-state index contributed by atoms with van der Waals surface area (Å²) in [5.41, 5.74) is -1.08. The molecule has 0 fully saturated rings. The quantitative estimate of drug-likeness (QED) is 0.738. The van der Waals surface area contributed by atoms with Gasteiger partial charge in [-0.1, -0.05) is 0 Å². The maximum absolute atomic E-state index is 13.3. The molecule has 3 N–H and O–H groups in total. The number of carboxylic acid groups (broad SMARTS) is 1. The molecular weight excluding hydrogens is 267 g/mol. The van der Waals surface area contributed by atoms with E-state index in [-0.39, 0.29) is 6.42 Å². The minimum absolute atomic E-state index is 0.305. The lowest BCUT2D eigenvalue weighted by Gasteiger charge is -2.13. The third kappa shape index (κ3) is 3.68. The summed E-state index contributed by atoms with van der Waals surface area (Å²) in [5, 5.41) is 19.1. The predicted octanol–water partition coefficient (Wildman–Crippen LogP) is 0.669. The zero-order valence-electron chi connectivity index (χ0n) is 9.49. The summed E-state index contributed by atoms with van der Waals surface area (Å²) >= 11 is 0. The number of carbonyl (C=O) groups is 2. The van der Waals surface area contributed by atoms with Gasteiger partial charge in [-0.3, -0.25) is 4.79 Å². The number of nitrogens with one attached hydrogen (secondary N) is 1. The minimum atomic E-state index is -1.50. The number of aliphatic hydroxyl groups is 1. The summed E-state index contributed by atoms with van der Waals surface area (Å²) < 4.78 is 39.2. The summed E-state index contributed by atoms with van der Waals surface area (Å²) in [5.74, 6) is -6.89. The second-order valence-electron chi connectivity index (χ2n) is 3.62. The first kappa shape index (κ1) is 15.0. The highest BCUT2D eigenvalue weighted by Crippen LogP contribution is 2.15. The average molecular weight is 277 g/mol. The van der Waals surface area contributed by atoms with Crippen LogP contribution in [0, 0.1) is 17.5 Å². The molecule has 0 radical (unpaired) electrons. The Labute approximate surface area is 105 Å². The Balaban J connectivity index is 2.98. The molecule has 0 saturated carbocycles. The zero-order valence-corrected chi connectivity index (χ0v) is 9.49. The van der Waals surface area contributed by atoms with Gasteiger partial charge < -0.3 is 15.5 Å². The van der Waals surface area contributed by atoms with E-state index in [0.717, 1.165) is 0 Å². The number of rotatable bonds is 5. The van der Waals surface area contributed by atoms with Crippen LogP contribution in [-0.2, 0) is 4.79 Å². The highest BCUT2D eigenvalue weighted by molar-refractivity contribution is 5.97. The van der Waals surface area contributed by atoms with Crippen molar-refractivity contribution in [3.63, 3.8) is 0 Å². The topological polar surface area (TPSA) is 86.6 Å². The van der Waals surface area contributed by atoms with Crippen molar-refractivity contribution in [1.29, 1.82) is 0 Å². The van der Waals surface area contributed by atoms with Gasteiger partial charge in [-0.15, -0.1) is 0 Å². The highest BCUT2D eigenvalue weighted by Gasteiger charge is 2.24. The fourth-order valence-electron chi connectivity index (χ4n) is 1.38. The van der Waals surface area contributed by atoms with Crippen molar-refractivity contribution < 1.29 is 33.0 Å². The van der Waals surface area contributed by atoms with Crippen LogP contribution in [0.25, 0.3) is 0 Å². The number of aliphatic hydroxyl groups excluding tert-OH is 1. The molecular formula is C11H10F3NO4. The maximum Gasteiger partial charge on any atom is 0.326 e. The van der Waals surface area contributed by atoms with Gasteiger partial charge in [-0.05, 0) is 0 Å². The molecule has 0 aromatic heterocycles. The summed E-state index contributed by atoms with van der Waals surface area (Å²) in [4.78, 5) is 22.2. The van der Waals surface area contributed by atoms with Crippen molar-refractivity contribution in [2.75, 3.05) is 6.61 Å². The summed E-state index contributed by atoms with van der Waals surface area (Å²) in [6.07, 6.45) is -0.328. The summed E-state index contributed by atoms with van der Waals surface area (Å²) in [6.45, 7) is -0.536. The molecule has 0 heterocycles. The maximum atomic E-state index is 13.3. The van der Waals surface area contributed by atoms with Crippen LogP contribution < -0.4 is 5.32 Å². The van der Waals surface area contributed by atoms with Gasteiger partial charge in [0.25, 0.3) is 5.91 Å². The van der Waals surface area contributed by atoms with Crippen LogP contribution in [0.1, 0.15) is 16.8 Å². The molecule has 1 aromatic carbocycles. The Bertz CT molecular complexity index is 484. The number of carboxylic acids is 1. The van der Waals surface area contributed by atoms with Crippen molar-refractivity contribution in [2.45, 2.75) is 12.5 Å². The van der Waals surface area contributed by atoms with Crippen molar-refractivity contribution in [2.24, 2.45) is 0 Å². The van der Waals surface area contributed by atoms with Crippen molar-refractivity contribution in [3.8, 4) is 0 Å². The Morgan fingerprint density at radius 2 is 1.74 bits per heavy atom. The third-order valence-electron chi connectivity index (χ3n) is 2.26. The van der Waals surface area contributed by atoms with E-state index in [9.17, 15) is 22.8 Å². The SMILES string of the molecule is O=C(N[C@@H](CCO)C(=O)O)c1c(F)cc(F)cc1F. The normalized spacial score (nSPS) is 12.0. The van der Waals surface area contributed by atoms with E-state index >= 15 is 0 Å². The summed E-state index contributed by atoms with van der Waals surface area (Å²) in [6, 6.07) is -0.888. The van der Waals surface area contributed by atoms with Gasteiger partial charge in [-0.25, -0.2) is 18.0 Å². The molecule has 0 aliphatic heterocycles. The fraction of sp³-hybridized carbons (Fsp3) is 0.273. The van der Waals surface area contributed by atoms with Crippen LogP contribution in [0.5, 0.6) is 0 Å². The predicted molar refractivity (Wildman–Crippen MR) is 56.9 cm³/mol. The molecule has 0 bridgehead atoms. The largest absolute Gasteiger partial charge is 0.480 e. The molecule has 1 atom stereocenters. The van der Waals surface area contributed by atoms with E-state index in [1.54, 1.807) is 0 Å². The third-order valence-corrected chi connectivity index (χ3v) is 2.26. The zero-order chi connectivity index (χ0) is 14.6. The highest BCUT2D eigenvalue weighted by atomic mass is 19.1. The molecule has 1 rings (SSSR count). The van der Waals surface area contributed by atoms with Gasteiger partial charge in [0.05, 0.1) is 0 Å². The number of halogens is 3. The molecule has 104 valence electrons. The number of benzene rings is 1. The van der Waals surface area contributed by atoms with E-state index in [2.05, 4.69) is 0 Å². The van der Waals surface area contributed by atoms with Gasteiger partial charge in [0.1, 0.15) is 29.1 Å². The molecule has 19 heavy (non-hydrogen) atoms. The molecule has 5 nitrogen and oxygen atoms in total. The Morgan fingerprint density at radius 3 is 2.16 bits per heavy atom. The van der Waals surface area contributed by atoms with Crippen LogP contribution in [-0.4, -0.2) is 34.7 Å². The fourth-order valence-corrected chi connectivity index (χ4v) is 1.38. The molecule has 1 aromatic rings. The van der Waals surface area contributed by atoms with E-state index < -0.39 is 47.5 Å². The van der Waals surface area contributed by atoms with E-state index in [4.69, 9.17) is 10.2 Å². The molecule has 8 heteroatoms. The van der Waals surface area contributed by atoms with Crippen LogP contribution in [0.2, 0.25) is 0 Å². The smallest absolute Gasteiger partial charge is 0.326 e. The average Bonchev–Trinajstić information content (AvgIpc) is 2.26. The minimum Gasteiger partial charge on any atom is -0.480 e. The van der Waals surface area contributed by atoms with Crippen LogP contribution in [0.4, 0.5) is 13.2 Å². The summed E-state index contributed by atoms with van der Waals surface area (Å²) in [7, 11) is 0. The Morgan fingerprint density at radius 1 is 1.21 bits per heavy atom. The first-order valence-electron chi connectivity index (χ1n) is 5.16. The molecule has 0 aliphatic rings. The van der Waals surface area contributed by atoms with E-state index in [0.29, 0.717) is 12.1 Å². The van der Waals surface area contributed by atoms with Gasteiger partial charge in [0, 0.05) is 25.2 Å². The lowest BCUT2D eigenvalue weighted by molar-refractivity contribution is -0.139.